The molecule has 0 radical (unpaired) electrons. The summed E-state index contributed by atoms with van der Waals surface area (Å²) in [5, 5.41) is 4.04. The summed E-state index contributed by atoms with van der Waals surface area (Å²) < 4.78 is 5.66. The van der Waals surface area contributed by atoms with Crippen molar-refractivity contribution in [2.75, 3.05) is 51.3 Å². The summed E-state index contributed by atoms with van der Waals surface area (Å²) >= 11 is 6.07. The van der Waals surface area contributed by atoms with Crippen LogP contribution in [0.3, 0.4) is 0 Å². The van der Waals surface area contributed by atoms with Crippen molar-refractivity contribution in [3.63, 3.8) is 0 Å². The van der Waals surface area contributed by atoms with Gasteiger partial charge in [0.2, 0.25) is 0 Å². The van der Waals surface area contributed by atoms with Gasteiger partial charge in [0.1, 0.15) is 5.60 Å². The molecule has 23 heavy (non-hydrogen) atoms. The van der Waals surface area contributed by atoms with Crippen molar-refractivity contribution in [2.24, 2.45) is 0 Å². The van der Waals surface area contributed by atoms with E-state index < -0.39 is 5.60 Å². The number of anilines is 1. The number of methoxy groups -OCH3 is 1. The van der Waals surface area contributed by atoms with Gasteiger partial charge in [-0.25, -0.2) is 0 Å². The molecule has 1 N–H and O–H groups in total. The molecular weight excluding hydrogens is 314 g/mol. The fourth-order valence-electron chi connectivity index (χ4n) is 3.46. The molecule has 0 atom stereocenters. The highest BCUT2D eigenvalue weighted by Crippen LogP contribution is 2.27. The van der Waals surface area contributed by atoms with Crippen LogP contribution in [0.15, 0.2) is 24.3 Å². The quantitative estimate of drug-likeness (QED) is 0.913. The van der Waals surface area contributed by atoms with Crippen LogP contribution in [0.2, 0.25) is 5.02 Å². The third-order valence-electron chi connectivity index (χ3n) is 4.93. The van der Waals surface area contributed by atoms with Crippen molar-refractivity contribution in [2.45, 2.75) is 18.4 Å². The minimum Gasteiger partial charge on any atom is -0.368 e. The van der Waals surface area contributed by atoms with Gasteiger partial charge < -0.3 is 19.9 Å². The van der Waals surface area contributed by atoms with Crippen molar-refractivity contribution >= 4 is 23.2 Å². The predicted molar refractivity (Wildman–Crippen MR) is 92.1 cm³/mol. The van der Waals surface area contributed by atoms with Crippen molar-refractivity contribution in [3.05, 3.63) is 29.3 Å². The van der Waals surface area contributed by atoms with Crippen LogP contribution in [0, 0.1) is 0 Å². The summed E-state index contributed by atoms with van der Waals surface area (Å²) in [6, 6.07) is 7.88. The predicted octanol–water partition coefficient (Wildman–Crippen LogP) is 1.76. The maximum absolute atomic E-state index is 12.9. The highest BCUT2D eigenvalue weighted by Gasteiger charge is 2.42. The van der Waals surface area contributed by atoms with E-state index >= 15 is 0 Å². The van der Waals surface area contributed by atoms with E-state index in [9.17, 15) is 4.79 Å². The standard InChI is InChI=1S/C17H24ClN3O2/c1-23-17(5-7-19-8-6-17)16(22)21-11-9-20(10-12-21)15-4-2-3-14(18)13-15/h2-4,13,19H,5-12H2,1H3. The number of rotatable bonds is 3. The monoisotopic (exact) mass is 337 g/mol. The normalized spacial score (nSPS) is 21.3. The van der Waals surface area contributed by atoms with Gasteiger partial charge in [0.05, 0.1) is 0 Å². The van der Waals surface area contributed by atoms with E-state index in [0.29, 0.717) is 0 Å². The molecule has 0 bridgehead atoms. The maximum Gasteiger partial charge on any atom is 0.255 e. The van der Waals surface area contributed by atoms with Crippen LogP contribution in [0.1, 0.15) is 12.8 Å². The Balaban J connectivity index is 1.63. The molecule has 0 saturated carbocycles. The molecule has 1 aromatic carbocycles. The second-order valence-corrected chi connectivity index (χ2v) is 6.64. The molecule has 0 aromatic heterocycles. The van der Waals surface area contributed by atoms with Crippen LogP contribution in [-0.2, 0) is 9.53 Å². The van der Waals surface area contributed by atoms with Crippen LogP contribution < -0.4 is 10.2 Å². The fourth-order valence-corrected chi connectivity index (χ4v) is 3.65. The molecule has 3 rings (SSSR count). The minimum absolute atomic E-state index is 0.146. The Bertz CT molecular complexity index is 553. The third-order valence-corrected chi connectivity index (χ3v) is 5.17. The number of nitrogens with one attached hydrogen (secondary N) is 1. The molecule has 5 nitrogen and oxygen atoms in total. The van der Waals surface area contributed by atoms with Gasteiger partial charge in [0.25, 0.3) is 5.91 Å². The zero-order valence-corrected chi connectivity index (χ0v) is 14.3. The van der Waals surface area contributed by atoms with Crippen LogP contribution >= 0.6 is 11.6 Å². The Morgan fingerprint density at radius 1 is 1.22 bits per heavy atom. The van der Waals surface area contributed by atoms with E-state index in [1.807, 2.05) is 23.1 Å². The molecule has 0 aliphatic carbocycles. The summed E-state index contributed by atoms with van der Waals surface area (Å²) in [6.45, 7) is 4.77. The highest BCUT2D eigenvalue weighted by molar-refractivity contribution is 6.30. The first kappa shape index (κ1) is 16.6. The third kappa shape index (κ3) is 3.47. The maximum atomic E-state index is 12.9. The molecular formula is C17H24ClN3O2. The lowest BCUT2D eigenvalue weighted by atomic mass is 9.90. The Labute approximate surface area is 142 Å². The number of piperidine rings is 1. The Morgan fingerprint density at radius 2 is 1.91 bits per heavy atom. The number of hydrogen-bond acceptors (Lipinski definition) is 4. The number of piperazine rings is 1. The molecule has 0 spiro atoms. The zero-order chi connectivity index (χ0) is 16.3. The molecule has 6 heteroatoms. The number of carbonyl (C=O) groups excluding carboxylic acids is 1. The molecule has 2 saturated heterocycles. The number of carbonyl (C=O) groups is 1. The summed E-state index contributed by atoms with van der Waals surface area (Å²) in [5.74, 6) is 0.146. The van der Waals surface area contributed by atoms with E-state index in [0.717, 1.165) is 62.8 Å². The first-order chi connectivity index (χ1) is 11.1. The van der Waals surface area contributed by atoms with Gasteiger partial charge in [-0.05, 0) is 44.1 Å². The molecule has 2 aliphatic heterocycles. The van der Waals surface area contributed by atoms with Crippen LogP contribution in [-0.4, -0.2) is 62.8 Å². The first-order valence-corrected chi connectivity index (χ1v) is 8.58. The first-order valence-electron chi connectivity index (χ1n) is 8.20. The van der Waals surface area contributed by atoms with Gasteiger partial charge >= 0.3 is 0 Å². The Morgan fingerprint density at radius 3 is 2.52 bits per heavy atom. The van der Waals surface area contributed by atoms with Crippen molar-refractivity contribution < 1.29 is 9.53 Å². The SMILES string of the molecule is COC1(C(=O)N2CCN(c3cccc(Cl)c3)CC2)CCNCC1. The smallest absolute Gasteiger partial charge is 0.255 e. The lowest BCUT2D eigenvalue weighted by Gasteiger charge is -2.42. The number of ether oxygens (including phenoxy) is 1. The number of halogens is 1. The molecule has 2 aliphatic rings. The fraction of sp³-hybridized carbons (Fsp3) is 0.588. The number of hydrogen-bond donors (Lipinski definition) is 1. The van der Waals surface area contributed by atoms with Crippen molar-refractivity contribution in [3.8, 4) is 0 Å². The van der Waals surface area contributed by atoms with Crippen molar-refractivity contribution in [1.82, 2.24) is 10.2 Å². The van der Waals surface area contributed by atoms with Crippen LogP contribution in [0.4, 0.5) is 5.69 Å². The zero-order valence-electron chi connectivity index (χ0n) is 13.6. The van der Waals surface area contributed by atoms with E-state index in [-0.39, 0.29) is 5.91 Å². The molecule has 1 amide bonds. The average molecular weight is 338 g/mol. The largest absolute Gasteiger partial charge is 0.368 e. The van der Waals surface area contributed by atoms with E-state index in [4.69, 9.17) is 16.3 Å². The van der Waals surface area contributed by atoms with E-state index in [2.05, 4.69) is 16.3 Å². The van der Waals surface area contributed by atoms with Gasteiger partial charge in [-0.2, -0.15) is 0 Å². The molecule has 2 fully saturated rings. The van der Waals surface area contributed by atoms with E-state index in [1.165, 1.54) is 0 Å². The number of nitrogens with zero attached hydrogens (tertiary/aromatic N) is 2. The lowest BCUT2D eigenvalue weighted by Crippen LogP contribution is -2.59. The molecule has 2 heterocycles. The van der Waals surface area contributed by atoms with Crippen LogP contribution in [0.25, 0.3) is 0 Å². The minimum atomic E-state index is -0.635. The summed E-state index contributed by atoms with van der Waals surface area (Å²) in [7, 11) is 1.66. The summed E-state index contributed by atoms with van der Waals surface area (Å²) in [4.78, 5) is 17.2. The van der Waals surface area contributed by atoms with E-state index in [1.54, 1.807) is 7.11 Å². The van der Waals surface area contributed by atoms with Gasteiger partial charge in [0, 0.05) is 44.0 Å². The van der Waals surface area contributed by atoms with Crippen LogP contribution in [0.5, 0.6) is 0 Å². The topological polar surface area (TPSA) is 44.8 Å². The highest BCUT2D eigenvalue weighted by atomic mass is 35.5. The summed E-state index contributed by atoms with van der Waals surface area (Å²) in [6.07, 6.45) is 1.49. The molecule has 0 unspecified atom stereocenters. The summed E-state index contributed by atoms with van der Waals surface area (Å²) in [5.41, 5.74) is 0.483. The van der Waals surface area contributed by atoms with Crippen molar-refractivity contribution in [1.29, 1.82) is 0 Å². The van der Waals surface area contributed by atoms with Gasteiger partial charge in [0.15, 0.2) is 0 Å². The van der Waals surface area contributed by atoms with Gasteiger partial charge in [-0.3, -0.25) is 4.79 Å². The lowest BCUT2D eigenvalue weighted by molar-refractivity contribution is -0.158. The Kier molecular flexibility index (Phi) is 5.09. The van der Waals surface area contributed by atoms with Gasteiger partial charge in [-0.1, -0.05) is 17.7 Å². The second-order valence-electron chi connectivity index (χ2n) is 6.21. The average Bonchev–Trinajstić information content (AvgIpc) is 2.62. The van der Waals surface area contributed by atoms with Gasteiger partial charge in [-0.15, -0.1) is 0 Å². The Hall–Kier alpha value is -1.30. The molecule has 126 valence electrons. The molecule has 1 aromatic rings. The number of amides is 1. The second kappa shape index (κ2) is 7.07. The number of benzene rings is 1.